The molecule has 298 valence electrons. The van der Waals surface area contributed by atoms with Crippen molar-refractivity contribution in [1.82, 2.24) is 0 Å². The molecule has 4 aliphatic carbocycles. The average Bonchev–Trinajstić information content (AvgIpc) is 3.55. The molecule has 13 heteroatoms. The van der Waals surface area contributed by atoms with Crippen molar-refractivity contribution in [3.8, 4) is 0 Å². The molecule has 1 spiro atoms. The van der Waals surface area contributed by atoms with Crippen LogP contribution in [-0.2, 0) is 28.4 Å². The zero-order chi connectivity index (χ0) is 37.2. The first kappa shape index (κ1) is 38.4. The minimum atomic E-state index is -1.60. The lowest BCUT2D eigenvalue weighted by Crippen LogP contribution is -2.64. The second-order valence-electron chi connectivity index (χ2n) is 18.9. The molecule has 4 aliphatic heterocycles. The molecular formula is C39H64O13. The lowest BCUT2D eigenvalue weighted by molar-refractivity contribution is -0.363. The average molecular weight is 741 g/mol. The van der Waals surface area contributed by atoms with Crippen LogP contribution >= 0.6 is 0 Å². The van der Waals surface area contributed by atoms with Crippen molar-refractivity contribution in [2.75, 3.05) is 6.61 Å². The monoisotopic (exact) mass is 740 g/mol. The van der Waals surface area contributed by atoms with Crippen molar-refractivity contribution in [2.45, 2.75) is 185 Å². The topological polar surface area (TPSA) is 197 Å². The Kier molecular flexibility index (Phi) is 10.0. The van der Waals surface area contributed by atoms with E-state index in [2.05, 4.69) is 27.7 Å². The van der Waals surface area contributed by atoms with Gasteiger partial charge in [0.2, 0.25) is 0 Å². The van der Waals surface area contributed by atoms with Gasteiger partial charge in [0.05, 0.1) is 37.1 Å². The van der Waals surface area contributed by atoms with Crippen LogP contribution in [0, 0.1) is 52.3 Å². The maximum Gasteiger partial charge on any atom is 0.197 e. The summed E-state index contributed by atoms with van der Waals surface area (Å²) in [5.41, 5.74) is -0.122. The second kappa shape index (κ2) is 13.6. The summed E-state index contributed by atoms with van der Waals surface area (Å²) in [6, 6.07) is 0. The molecule has 24 atom stereocenters. The highest BCUT2D eigenvalue weighted by Crippen LogP contribution is 2.71. The fraction of sp³-hybridized carbons (Fsp3) is 1.00. The van der Waals surface area contributed by atoms with Gasteiger partial charge in [-0.25, -0.2) is 0 Å². The van der Waals surface area contributed by atoms with Gasteiger partial charge in [0.15, 0.2) is 18.4 Å². The SMILES string of the molecule is CC1COC2(OC3CC4C5CC(OC6OC(C)C(O)C(OC7OC(C)C(O)C(O)C7O)C6O)C6CC(O)CCC6(C)C5CCC4(C)C3C2C)C(O)C1. The third-order valence-electron chi connectivity index (χ3n) is 16.1. The summed E-state index contributed by atoms with van der Waals surface area (Å²) in [6.45, 7) is 12.9. The van der Waals surface area contributed by atoms with Crippen LogP contribution in [0.3, 0.4) is 0 Å². The predicted octanol–water partition coefficient (Wildman–Crippen LogP) is 1.44. The third kappa shape index (κ3) is 5.73. The Bertz CT molecular complexity index is 1310. The van der Waals surface area contributed by atoms with Crippen LogP contribution in [0.25, 0.3) is 0 Å². The molecule has 0 aromatic carbocycles. The first-order valence-electron chi connectivity index (χ1n) is 20.2. The lowest BCUT2D eigenvalue weighted by Gasteiger charge is -2.63. The zero-order valence-corrected chi connectivity index (χ0v) is 31.6. The molecule has 0 aromatic heterocycles. The first-order chi connectivity index (χ1) is 24.5. The molecule has 4 saturated heterocycles. The Hall–Kier alpha value is -0.520. The summed E-state index contributed by atoms with van der Waals surface area (Å²) >= 11 is 0. The molecule has 4 heterocycles. The van der Waals surface area contributed by atoms with Crippen LogP contribution in [0.4, 0.5) is 0 Å². The van der Waals surface area contributed by atoms with Gasteiger partial charge in [0.1, 0.15) is 42.7 Å². The highest BCUT2D eigenvalue weighted by molar-refractivity contribution is 5.17. The Labute approximate surface area is 307 Å². The summed E-state index contributed by atoms with van der Waals surface area (Å²) in [6.07, 6.45) is -7.54. The van der Waals surface area contributed by atoms with Gasteiger partial charge in [-0.15, -0.1) is 0 Å². The molecule has 24 unspecified atom stereocenters. The summed E-state index contributed by atoms with van der Waals surface area (Å²) in [7, 11) is 0. The van der Waals surface area contributed by atoms with E-state index in [-0.39, 0.29) is 46.7 Å². The van der Waals surface area contributed by atoms with Crippen molar-refractivity contribution in [3.05, 3.63) is 0 Å². The molecule has 4 saturated carbocycles. The van der Waals surface area contributed by atoms with Crippen LogP contribution in [0.1, 0.15) is 92.9 Å². The minimum absolute atomic E-state index is 0.00617. The highest BCUT2D eigenvalue weighted by Gasteiger charge is 2.71. The van der Waals surface area contributed by atoms with Gasteiger partial charge in [-0.2, -0.15) is 0 Å². The Morgan fingerprint density at radius 1 is 0.635 bits per heavy atom. The van der Waals surface area contributed by atoms with Crippen LogP contribution in [0.5, 0.6) is 0 Å². The van der Waals surface area contributed by atoms with E-state index in [9.17, 15) is 35.7 Å². The lowest BCUT2D eigenvalue weighted by atomic mass is 9.43. The van der Waals surface area contributed by atoms with Crippen molar-refractivity contribution in [1.29, 1.82) is 0 Å². The van der Waals surface area contributed by atoms with Crippen molar-refractivity contribution < 1.29 is 64.2 Å². The molecule has 7 N–H and O–H groups in total. The van der Waals surface area contributed by atoms with Crippen LogP contribution in [0.2, 0.25) is 0 Å². The number of hydrogen-bond donors (Lipinski definition) is 7. The Morgan fingerprint density at radius 3 is 2.02 bits per heavy atom. The van der Waals surface area contributed by atoms with E-state index in [1.807, 2.05) is 0 Å². The standard InChI is InChI=1S/C39H64O13/c1-16-11-27(41)39(47-15-16)17(2)28-26(52-39)14-23-21-13-25(24-12-20(40)7-9-37(24,5)22(21)8-10-38(23,28)6)50-36-33(46)34(30(43)19(4)49-36)51-35-32(45)31(44)29(42)18(3)48-35/h16-36,40-46H,7-15H2,1-6H3. The van der Waals surface area contributed by atoms with Crippen LogP contribution < -0.4 is 0 Å². The molecule has 8 rings (SSSR count). The maximum atomic E-state index is 11.7. The Morgan fingerprint density at radius 2 is 1.31 bits per heavy atom. The fourth-order valence-corrected chi connectivity index (χ4v) is 13.3. The molecule has 0 radical (unpaired) electrons. The van der Waals surface area contributed by atoms with E-state index < -0.39 is 79.4 Å². The maximum absolute atomic E-state index is 11.7. The number of rotatable bonds is 4. The largest absolute Gasteiger partial charge is 0.393 e. The van der Waals surface area contributed by atoms with E-state index in [0.29, 0.717) is 37.2 Å². The molecule has 0 aromatic rings. The summed E-state index contributed by atoms with van der Waals surface area (Å²) in [5, 5.41) is 76.3. The van der Waals surface area contributed by atoms with Gasteiger partial charge in [-0.05, 0) is 112 Å². The van der Waals surface area contributed by atoms with Gasteiger partial charge in [-0.1, -0.05) is 27.7 Å². The normalized spacial score (nSPS) is 61.9. The van der Waals surface area contributed by atoms with Crippen molar-refractivity contribution in [3.63, 3.8) is 0 Å². The van der Waals surface area contributed by atoms with Gasteiger partial charge >= 0.3 is 0 Å². The molecular weight excluding hydrogens is 676 g/mol. The molecule has 52 heavy (non-hydrogen) atoms. The minimum Gasteiger partial charge on any atom is -0.393 e. The van der Waals surface area contributed by atoms with Crippen molar-refractivity contribution >= 4 is 0 Å². The highest BCUT2D eigenvalue weighted by atomic mass is 16.7. The fourth-order valence-electron chi connectivity index (χ4n) is 13.3. The van der Waals surface area contributed by atoms with Gasteiger partial charge < -0.3 is 64.2 Å². The number of fused-ring (bicyclic) bond motifs is 7. The third-order valence-corrected chi connectivity index (χ3v) is 16.1. The quantitative estimate of drug-likeness (QED) is 0.205. The second-order valence-corrected chi connectivity index (χ2v) is 18.9. The van der Waals surface area contributed by atoms with E-state index in [0.717, 1.165) is 38.5 Å². The van der Waals surface area contributed by atoms with Gasteiger partial charge in [0.25, 0.3) is 0 Å². The number of ether oxygens (including phenoxy) is 6. The molecule has 8 aliphatic rings. The van der Waals surface area contributed by atoms with E-state index in [1.54, 1.807) is 13.8 Å². The molecule has 13 nitrogen and oxygen atoms in total. The van der Waals surface area contributed by atoms with E-state index in [4.69, 9.17) is 28.4 Å². The van der Waals surface area contributed by atoms with Crippen LogP contribution in [-0.4, -0.2) is 134 Å². The number of aliphatic hydroxyl groups is 7. The number of hydrogen-bond acceptors (Lipinski definition) is 13. The smallest absolute Gasteiger partial charge is 0.197 e. The Balaban J connectivity index is 1.04. The number of aliphatic hydroxyl groups excluding tert-OH is 7. The summed E-state index contributed by atoms with van der Waals surface area (Å²) in [4.78, 5) is 0. The predicted molar refractivity (Wildman–Crippen MR) is 183 cm³/mol. The van der Waals surface area contributed by atoms with E-state index >= 15 is 0 Å². The zero-order valence-electron chi connectivity index (χ0n) is 31.6. The van der Waals surface area contributed by atoms with Crippen molar-refractivity contribution in [2.24, 2.45) is 52.3 Å². The molecule has 0 amide bonds. The summed E-state index contributed by atoms with van der Waals surface area (Å²) in [5.74, 6) is 0.760. The summed E-state index contributed by atoms with van der Waals surface area (Å²) < 4.78 is 37.9. The van der Waals surface area contributed by atoms with Gasteiger partial charge in [0, 0.05) is 5.92 Å². The van der Waals surface area contributed by atoms with E-state index in [1.165, 1.54) is 0 Å². The van der Waals surface area contributed by atoms with Crippen LogP contribution in [0.15, 0.2) is 0 Å². The molecule has 8 fully saturated rings. The first-order valence-corrected chi connectivity index (χ1v) is 20.2. The van der Waals surface area contributed by atoms with Gasteiger partial charge in [-0.3, -0.25) is 0 Å². The molecule has 0 bridgehead atoms.